The van der Waals surface area contributed by atoms with Crippen LogP contribution >= 0.6 is 0 Å². The Morgan fingerprint density at radius 2 is 1.94 bits per heavy atom. The molecule has 3 rings (SSSR count). The number of ether oxygens (including phenoxy) is 1. The van der Waals surface area contributed by atoms with Crippen LogP contribution in [0.15, 0.2) is 15.7 Å². The topological polar surface area (TPSA) is 123 Å². The number of hydrogen-bond donors (Lipinski definition) is 2. The number of rotatable bonds is 7. The Morgan fingerprint density at radius 1 is 1.26 bits per heavy atom. The molecule has 0 spiro atoms. The van der Waals surface area contributed by atoms with Gasteiger partial charge in [-0.05, 0) is 38.2 Å². The van der Waals surface area contributed by atoms with Gasteiger partial charge in [-0.1, -0.05) is 33.6 Å². The van der Waals surface area contributed by atoms with E-state index in [1.165, 1.54) is 4.57 Å². The second-order valence-electron chi connectivity index (χ2n) is 8.32. The fourth-order valence-electron chi connectivity index (χ4n) is 4.11. The van der Waals surface area contributed by atoms with Crippen LogP contribution in [0.1, 0.15) is 81.8 Å². The van der Waals surface area contributed by atoms with E-state index in [2.05, 4.69) is 15.3 Å². The molecule has 9 nitrogen and oxygen atoms in total. The lowest BCUT2D eigenvalue weighted by molar-refractivity contribution is -0.150. The third-order valence-electron chi connectivity index (χ3n) is 5.73. The first-order valence-electron chi connectivity index (χ1n) is 10.9. The minimum atomic E-state index is -1.11. The summed E-state index contributed by atoms with van der Waals surface area (Å²) in [5.41, 5.74) is -1.46. The lowest BCUT2D eigenvalue weighted by Gasteiger charge is -2.28. The van der Waals surface area contributed by atoms with Gasteiger partial charge in [0, 0.05) is 12.2 Å². The van der Waals surface area contributed by atoms with Crippen LogP contribution in [-0.2, 0) is 16.1 Å². The van der Waals surface area contributed by atoms with Crippen LogP contribution in [0.4, 0.5) is 0 Å². The number of fused-ring (bicyclic) bond motifs is 1. The largest absolute Gasteiger partial charge is 0.464 e. The molecule has 2 aromatic rings. The molecule has 2 N–H and O–H groups in total. The summed E-state index contributed by atoms with van der Waals surface area (Å²) in [6.07, 6.45) is 3.21. The number of amides is 1. The molecule has 1 aliphatic carbocycles. The zero-order valence-electron chi connectivity index (χ0n) is 18.5. The third-order valence-corrected chi connectivity index (χ3v) is 5.73. The molecule has 1 saturated carbocycles. The Hall–Kier alpha value is -2.97. The Balaban J connectivity index is 2.19. The Labute approximate surface area is 180 Å². The standard InChI is InChI=1S/C22H30N4O5/c1-5-11-26-17-16(19(28)24-21(26)30)14(12-15(23-17)13(3)4)18(27)25-22(9-7-8-10-22)20(29)31-6-2/h12-13H,5-11H2,1-4H3,(H,25,27)(H,24,28,30). The highest BCUT2D eigenvalue weighted by molar-refractivity contribution is 6.07. The van der Waals surface area contributed by atoms with E-state index in [4.69, 9.17) is 4.74 Å². The van der Waals surface area contributed by atoms with Crippen molar-refractivity contribution in [3.8, 4) is 0 Å². The van der Waals surface area contributed by atoms with E-state index in [9.17, 15) is 19.2 Å². The monoisotopic (exact) mass is 430 g/mol. The van der Waals surface area contributed by atoms with Gasteiger partial charge < -0.3 is 10.1 Å². The highest BCUT2D eigenvalue weighted by Crippen LogP contribution is 2.32. The average molecular weight is 431 g/mol. The SMILES string of the molecule is CCCn1c(=O)[nH]c(=O)c2c(C(=O)NC3(C(=O)OCC)CCCC3)cc(C(C)C)nc21. The maximum atomic E-state index is 13.4. The molecular formula is C22H30N4O5. The fourth-order valence-corrected chi connectivity index (χ4v) is 4.11. The van der Waals surface area contributed by atoms with E-state index in [-0.39, 0.29) is 29.1 Å². The molecule has 1 amide bonds. The number of nitrogens with zero attached hydrogens (tertiary/aromatic N) is 2. The molecule has 2 heterocycles. The second kappa shape index (κ2) is 9.03. The zero-order chi connectivity index (χ0) is 22.8. The van der Waals surface area contributed by atoms with Crippen molar-refractivity contribution in [1.29, 1.82) is 0 Å². The summed E-state index contributed by atoms with van der Waals surface area (Å²) in [6.45, 7) is 8.04. The van der Waals surface area contributed by atoms with Gasteiger partial charge in [0.05, 0.1) is 17.6 Å². The zero-order valence-corrected chi connectivity index (χ0v) is 18.5. The number of aryl methyl sites for hydroxylation is 1. The van der Waals surface area contributed by atoms with Crippen molar-refractivity contribution >= 4 is 22.9 Å². The minimum Gasteiger partial charge on any atom is -0.464 e. The van der Waals surface area contributed by atoms with Crippen LogP contribution in [0.25, 0.3) is 11.0 Å². The van der Waals surface area contributed by atoms with Crippen LogP contribution in [0.5, 0.6) is 0 Å². The molecule has 0 aromatic carbocycles. The molecule has 168 valence electrons. The Bertz CT molecular complexity index is 1110. The molecule has 0 unspecified atom stereocenters. The quantitative estimate of drug-likeness (QED) is 0.649. The molecule has 2 aromatic heterocycles. The molecule has 9 heteroatoms. The summed E-state index contributed by atoms with van der Waals surface area (Å²) in [7, 11) is 0. The van der Waals surface area contributed by atoms with Gasteiger partial charge in [0.2, 0.25) is 0 Å². The van der Waals surface area contributed by atoms with E-state index in [1.54, 1.807) is 13.0 Å². The lowest BCUT2D eigenvalue weighted by atomic mass is 9.96. The first-order valence-corrected chi connectivity index (χ1v) is 10.9. The van der Waals surface area contributed by atoms with E-state index in [1.807, 2.05) is 20.8 Å². The van der Waals surface area contributed by atoms with E-state index in [0.717, 1.165) is 12.8 Å². The van der Waals surface area contributed by atoms with Gasteiger partial charge in [-0.2, -0.15) is 0 Å². The predicted octanol–water partition coefficient (Wildman–Crippen LogP) is 2.22. The smallest absolute Gasteiger partial charge is 0.331 e. The van der Waals surface area contributed by atoms with Gasteiger partial charge in [0.1, 0.15) is 5.54 Å². The normalized spacial score (nSPS) is 15.4. The van der Waals surface area contributed by atoms with Crippen LogP contribution in [0.2, 0.25) is 0 Å². The number of pyridine rings is 1. The lowest BCUT2D eigenvalue weighted by Crippen LogP contribution is -2.53. The summed E-state index contributed by atoms with van der Waals surface area (Å²) in [5, 5.41) is 2.91. The van der Waals surface area contributed by atoms with E-state index < -0.39 is 28.7 Å². The van der Waals surface area contributed by atoms with Crippen molar-refractivity contribution < 1.29 is 14.3 Å². The highest BCUT2D eigenvalue weighted by atomic mass is 16.5. The average Bonchev–Trinajstić information content (AvgIpc) is 3.20. The summed E-state index contributed by atoms with van der Waals surface area (Å²) in [5.74, 6) is -1.04. The summed E-state index contributed by atoms with van der Waals surface area (Å²) >= 11 is 0. The maximum absolute atomic E-state index is 13.4. The van der Waals surface area contributed by atoms with Gasteiger partial charge in [0.15, 0.2) is 5.65 Å². The molecule has 0 radical (unpaired) electrons. The first kappa shape index (κ1) is 22.7. The fraction of sp³-hybridized carbons (Fsp3) is 0.591. The first-order chi connectivity index (χ1) is 14.7. The molecule has 31 heavy (non-hydrogen) atoms. The number of H-pyrrole nitrogens is 1. The number of carbonyl (C=O) groups is 2. The molecule has 0 saturated heterocycles. The molecule has 0 bridgehead atoms. The molecule has 1 aliphatic rings. The van der Waals surface area contributed by atoms with Crippen molar-refractivity contribution in [2.45, 2.75) is 77.8 Å². The summed E-state index contributed by atoms with van der Waals surface area (Å²) in [6, 6.07) is 1.58. The third kappa shape index (κ3) is 4.26. The van der Waals surface area contributed by atoms with Crippen molar-refractivity contribution in [2.75, 3.05) is 6.61 Å². The maximum Gasteiger partial charge on any atom is 0.331 e. The summed E-state index contributed by atoms with van der Waals surface area (Å²) < 4.78 is 6.61. The van der Waals surface area contributed by atoms with Crippen LogP contribution in [-0.4, -0.2) is 38.6 Å². The van der Waals surface area contributed by atoms with Crippen molar-refractivity contribution in [1.82, 2.24) is 19.9 Å². The number of aromatic nitrogens is 3. The second-order valence-corrected chi connectivity index (χ2v) is 8.32. The molecular weight excluding hydrogens is 400 g/mol. The molecule has 0 aliphatic heterocycles. The van der Waals surface area contributed by atoms with Gasteiger partial charge in [-0.3, -0.25) is 19.1 Å². The number of esters is 1. The summed E-state index contributed by atoms with van der Waals surface area (Å²) in [4.78, 5) is 58.1. The predicted molar refractivity (Wildman–Crippen MR) is 116 cm³/mol. The van der Waals surface area contributed by atoms with Crippen molar-refractivity contribution in [3.63, 3.8) is 0 Å². The van der Waals surface area contributed by atoms with Crippen LogP contribution in [0, 0.1) is 0 Å². The van der Waals surface area contributed by atoms with E-state index >= 15 is 0 Å². The van der Waals surface area contributed by atoms with Gasteiger partial charge in [-0.25, -0.2) is 14.6 Å². The Morgan fingerprint density at radius 3 is 2.52 bits per heavy atom. The number of aromatic amines is 1. The van der Waals surface area contributed by atoms with Gasteiger partial charge in [0.25, 0.3) is 11.5 Å². The van der Waals surface area contributed by atoms with E-state index in [0.29, 0.717) is 31.5 Å². The van der Waals surface area contributed by atoms with Crippen LogP contribution in [0.3, 0.4) is 0 Å². The van der Waals surface area contributed by atoms with Crippen molar-refractivity contribution in [2.24, 2.45) is 0 Å². The number of carbonyl (C=O) groups excluding carboxylic acids is 2. The Kier molecular flexibility index (Phi) is 6.62. The van der Waals surface area contributed by atoms with Crippen molar-refractivity contribution in [3.05, 3.63) is 38.2 Å². The van der Waals surface area contributed by atoms with Gasteiger partial charge in [-0.15, -0.1) is 0 Å². The number of hydrogen-bond acceptors (Lipinski definition) is 6. The minimum absolute atomic E-state index is 0.0362. The highest BCUT2D eigenvalue weighted by Gasteiger charge is 2.44. The number of nitrogens with one attached hydrogen (secondary N) is 2. The van der Waals surface area contributed by atoms with Gasteiger partial charge >= 0.3 is 11.7 Å². The van der Waals surface area contributed by atoms with Crippen LogP contribution < -0.4 is 16.6 Å². The molecule has 0 atom stereocenters. The molecule has 1 fully saturated rings.